The Bertz CT molecular complexity index is 1350. The fourth-order valence-corrected chi connectivity index (χ4v) is 3.95. The Morgan fingerprint density at radius 1 is 0.500 bits per heavy atom. The molecule has 0 amide bonds. The lowest BCUT2D eigenvalue weighted by molar-refractivity contribution is 1.13. The molecule has 0 unspecified atom stereocenters. The molecule has 4 aromatic carbocycles. The van der Waals surface area contributed by atoms with E-state index >= 15 is 0 Å². The van der Waals surface area contributed by atoms with Crippen molar-refractivity contribution in [2.45, 2.75) is 13.8 Å². The number of nitrogens with zero attached hydrogens (tertiary/aromatic N) is 2. The fraction of sp³-hybridized carbons (Fsp3) is 0.0714. The van der Waals surface area contributed by atoms with Gasteiger partial charge in [-0.3, -0.25) is 0 Å². The summed E-state index contributed by atoms with van der Waals surface area (Å²) in [4.78, 5) is 10.2. The Kier molecular flexibility index (Phi) is 4.61. The van der Waals surface area contributed by atoms with Crippen LogP contribution >= 0.6 is 0 Å². The lowest BCUT2D eigenvalue weighted by Crippen LogP contribution is -2.01. The van der Waals surface area contributed by atoms with Gasteiger partial charge in [0.05, 0.1) is 22.8 Å². The molecule has 0 spiro atoms. The number of fused-ring (bicyclic) bond motifs is 1. The highest BCUT2D eigenvalue weighted by Gasteiger charge is 2.17. The van der Waals surface area contributed by atoms with E-state index in [9.17, 15) is 0 Å². The third-order valence-corrected chi connectivity index (χ3v) is 5.54. The van der Waals surface area contributed by atoms with Crippen LogP contribution in [0.4, 0.5) is 0 Å². The maximum atomic E-state index is 5.17. The molecule has 30 heavy (non-hydrogen) atoms. The van der Waals surface area contributed by atoms with E-state index in [2.05, 4.69) is 85.8 Å². The minimum absolute atomic E-state index is 0.915. The summed E-state index contributed by atoms with van der Waals surface area (Å²) in [6, 6.07) is 33.6. The van der Waals surface area contributed by atoms with Gasteiger partial charge < -0.3 is 0 Å². The monoisotopic (exact) mass is 386 g/mol. The van der Waals surface area contributed by atoms with Gasteiger partial charge in [0.1, 0.15) is 0 Å². The first-order chi connectivity index (χ1) is 14.7. The van der Waals surface area contributed by atoms with Crippen LogP contribution in [0.3, 0.4) is 0 Å². The van der Waals surface area contributed by atoms with Gasteiger partial charge in [0.15, 0.2) is 0 Å². The fourth-order valence-electron chi connectivity index (χ4n) is 3.95. The van der Waals surface area contributed by atoms with Crippen LogP contribution in [0.1, 0.15) is 11.3 Å². The number of aryl methyl sites for hydroxylation is 2. The quantitative estimate of drug-likeness (QED) is 0.326. The van der Waals surface area contributed by atoms with Crippen LogP contribution in [0.2, 0.25) is 0 Å². The van der Waals surface area contributed by atoms with Crippen LogP contribution in [0.15, 0.2) is 97.1 Å². The number of hydrogen-bond donors (Lipinski definition) is 0. The molecule has 0 saturated heterocycles. The Balaban J connectivity index is 1.76. The van der Waals surface area contributed by atoms with Crippen LogP contribution in [0.5, 0.6) is 0 Å². The molecule has 0 radical (unpaired) electrons. The first-order valence-corrected chi connectivity index (χ1v) is 10.2. The summed E-state index contributed by atoms with van der Waals surface area (Å²) in [6.45, 7) is 4.17. The summed E-state index contributed by atoms with van der Waals surface area (Å²) < 4.78 is 0. The van der Waals surface area contributed by atoms with Gasteiger partial charge in [0, 0.05) is 16.7 Å². The first kappa shape index (κ1) is 18.3. The van der Waals surface area contributed by atoms with E-state index < -0.39 is 0 Å². The predicted molar refractivity (Wildman–Crippen MR) is 125 cm³/mol. The maximum absolute atomic E-state index is 5.17. The highest BCUT2D eigenvalue weighted by molar-refractivity contribution is 5.88. The topological polar surface area (TPSA) is 25.8 Å². The molecule has 0 aliphatic heterocycles. The lowest BCUT2D eigenvalue weighted by atomic mass is 9.98. The van der Waals surface area contributed by atoms with Crippen molar-refractivity contribution in [2.75, 3.05) is 0 Å². The normalized spacial score (nSPS) is 11.0. The molecule has 1 aromatic heterocycles. The molecule has 0 bridgehead atoms. The average Bonchev–Trinajstić information content (AvgIpc) is 2.79. The minimum atomic E-state index is 0.915. The second-order valence-corrected chi connectivity index (χ2v) is 7.60. The Morgan fingerprint density at radius 3 is 2.00 bits per heavy atom. The second-order valence-electron chi connectivity index (χ2n) is 7.60. The van der Waals surface area contributed by atoms with Crippen LogP contribution < -0.4 is 0 Å². The largest absolute Gasteiger partial charge is 0.249 e. The lowest BCUT2D eigenvalue weighted by Gasteiger charge is -2.15. The van der Waals surface area contributed by atoms with Crippen molar-refractivity contribution < 1.29 is 0 Å². The van der Waals surface area contributed by atoms with Gasteiger partial charge in [-0.05, 0) is 36.2 Å². The Morgan fingerprint density at radius 2 is 1.20 bits per heavy atom. The second kappa shape index (κ2) is 7.57. The molecular formula is C28H22N2. The average molecular weight is 386 g/mol. The summed E-state index contributed by atoms with van der Waals surface area (Å²) in [7, 11) is 0. The van der Waals surface area contributed by atoms with Crippen molar-refractivity contribution in [2.24, 2.45) is 0 Å². The molecule has 0 fully saturated rings. The van der Waals surface area contributed by atoms with E-state index in [0.29, 0.717) is 0 Å². The molecule has 5 aromatic rings. The van der Waals surface area contributed by atoms with E-state index in [0.717, 1.165) is 39.5 Å². The molecule has 0 saturated carbocycles. The van der Waals surface area contributed by atoms with Gasteiger partial charge in [-0.1, -0.05) is 91.0 Å². The van der Waals surface area contributed by atoms with Crippen LogP contribution in [0, 0.1) is 13.8 Å². The molecule has 0 N–H and O–H groups in total. The van der Waals surface area contributed by atoms with E-state index in [4.69, 9.17) is 9.97 Å². The van der Waals surface area contributed by atoms with Crippen molar-refractivity contribution in [1.82, 2.24) is 9.97 Å². The van der Waals surface area contributed by atoms with Gasteiger partial charge in [-0.15, -0.1) is 0 Å². The van der Waals surface area contributed by atoms with Gasteiger partial charge in [0.25, 0.3) is 0 Å². The zero-order chi connectivity index (χ0) is 20.5. The van der Waals surface area contributed by atoms with Gasteiger partial charge >= 0.3 is 0 Å². The highest BCUT2D eigenvalue weighted by atomic mass is 14.8. The summed E-state index contributed by atoms with van der Waals surface area (Å²) in [5.74, 6) is 0. The van der Waals surface area contributed by atoms with Crippen molar-refractivity contribution in [3.63, 3.8) is 0 Å². The predicted octanol–water partition coefficient (Wildman–Crippen LogP) is 7.25. The third-order valence-electron chi connectivity index (χ3n) is 5.54. The van der Waals surface area contributed by atoms with Gasteiger partial charge in [-0.2, -0.15) is 0 Å². The van der Waals surface area contributed by atoms with E-state index in [-0.39, 0.29) is 0 Å². The molecule has 144 valence electrons. The summed E-state index contributed by atoms with van der Waals surface area (Å²) in [5, 5.41) is 2.44. The van der Waals surface area contributed by atoms with E-state index in [1.165, 1.54) is 16.3 Å². The summed E-state index contributed by atoms with van der Waals surface area (Å²) in [6.07, 6.45) is 0. The van der Waals surface area contributed by atoms with Crippen molar-refractivity contribution in [3.8, 4) is 33.8 Å². The third kappa shape index (κ3) is 3.27. The number of rotatable bonds is 3. The maximum Gasteiger partial charge on any atom is 0.0973 e. The highest BCUT2D eigenvalue weighted by Crippen LogP contribution is 2.34. The molecule has 5 rings (SSSR count). The van der Waals surface area contributed by atoms with Crippen molar-refractivity contribution in [1.29, 1.82) is 0 Å². The molecular weight excluding hydrogens is 364 g/mol. The van der Waals surface area contributed by atoms with Gasteiger partial charge in [-0.25, -0.2) is 9.97 Å². The smallest absolute Gasteiger partial charge is 0.0973 e. The minimum Gasteiger partial charge on any atom is -0.249 e. The van der Waals surface area contributed by atoms with E-state index in [1.807, 2.05) is 25.1 Å². The molecule has 2 nitrogen and oxygen atoms in total. The Labute approximate surface area is 176 Å². The van der Waals surface area contributed by atoms with Crippen LogP contribution in [-0.4, -0.2) is 9.97 Å². The summed E-state index contributed by atoms with van der Waals surface area (Å²) >= 11 is 0. The standard InChI is InChI=1S/C28H22N2/c1-19-10-6-9-15-25(19)28-27(22-12-4-3-5-13-22)30-26(20(2)29-28)24-17-16-21-11-7-8-14-23(21)18-24/h3-18H,1-2H3. The molecule has 0 aliphatic rings. The van der Waals surface area contributed by atoms with Crippen LogP contribution in [-0.2, 0) is 0 Å². The molecule has 0 aliphatic carbocycles. The molecule has 1 heterocycles. The SMILES string of the molecule is Cc1ccccc1-c1nc(C)c(-c2ccc3ccccc3c2)nc1-c1ccccc1. The van der Waals surface area contributed by atoms with Crippen molar-refractivity contribution in [3.05, 3.63) is 108 Å². The number of benzene rings is 4. The van der Waals surface area contributed by atoms with E-state index in [1.54, 1.807) is 0 Å². The number of aromatic nitrogens is 2. The molecule has 2 heteroatoms. The van der Waals surface area contributed by atoms with Crippen molar-refractivity contribution >= 4 is 10.8 Å². The zero-order valence-electron chi connectivity index (χ0n) is 17.1. The number of hydrogen-bond acceptors (Lipinski definition) is 2. The first-order valence-electron chi connectivity index (χ1n) is 10.2. The molecule has 0 atom stereocenters. The zero-order valence-corrected chi connectivity index (χ0v) is 17.1. The van der Waals surface area contributed by atoms with Gasteiger partial charge in [0.2, 0.25) is 0 Å². The Hall–Kier alpha value is -3.78. The summed E-state index contributed by atoms with van der Waals surface area (Å²) in [5.41, 5.74) is 8.19. The van der Waals surface area contributed by atoms with Crippen LogP contribution in [0.25, 0.3) is 44.5 Å².